The molecule has 0 atom stereocenters. The Hall–Kier alpha value is 0.640. The summed E-state index contributed by atoms with van der Waals surface area (Å²) in [6, 6.07) is 0. The second-order valence-corrected chi connectivity index (χ2v) is 5.24. The Bertz CT molecular complexity index is 289. The summed E-state index contributed by atoms with van der Waals surface area (Å²) < 4.78 is 34.1. The fourth-order valence-corrected chi connectivity index (χ4v) is 1.77. The largest absolute Gasteiger partial charge is 0.466 e. The van der Waals surface area contributed by atoms with Gasteiger partial charge in [-0.1, -0.05) is 19.8 Å². The molecule has 0 aliphatic rings. The van der Waals surface area contributed by atoms with Crippen LogP contribution in [0.2, 0.25) is 0 Å². The quantitative estimate of drug-likeness (QED) is 0.301. The maximum absolute atomic E-state index is 10.9. The van der Waals surface area contributed by atoms with Crippen LogP contribution in [0.4, 0.5) is 0 Å². The van der Waals surface area contributed by atoms with Gasteiger partial charge in [0.1, 0.15) is 0 Å². The van der Waals surface area contributed by atoms with Gasteiger partial charge in [0.05, 0.1) is 12.4 Å². The van der Waals surface area contributed by atoms with Gasteiger partial charge in [0, 0.05) is 44.2 Å². The molecule has 0 aromatic heterocycles. The summed E-state index contributed by atoms with van der Waals surface area (Å²) in [4.78, 5) is 10.9. The van der Waals surface area contributed by atoms with E-state index in [4.69, 9.17) is 9.29 Å². The molecule has 17 heavy (non-hydrogen) atoms. The van der Waals surface area contributed by atoms with Crippen molar-refractivity contribution >= 4 is 53.8 Å². The van der Waals surface area contributed by atoms with Crippen LogP contribution in [-0.4, -0.2) is 69.0 Å². The molecule has 1 N–H and O–H groups in total. The second kappa shape index (κ2) is 11.7. The molecule has 0 aromatic carbocycles. The van der Waals surface area contributed by atoms with Crippen LogP contribution in [0.1, 0.15) is 45.4 Å². The summed E-state index contributed by atoms with van der Waals surface area (Å²) in [5.74, 6) is -0.372. The van der Waals surface area contributed by atoms with Crippen molar-refractivity contribution in [3.63, 3.8) is 0 Å². The molecule has 0 unspecified atom stereocenters. The zero-order valence-corrected chi connectivity index (χ0v) is 13.4. The third kappa shape index (κ3) is 16.6. The second-order valence-electron chi connectivity index (χ2n) is 3.67. The molecule has 0 bridgehead atoms. The summed E-state index contributed by atoms with van der Waals surface area (Å²) in [5, 5.41) is 0. The van der Waals surface area contributed by atoms with Crippen LogP contribution in [0.5, 0.6) is 0 Å². The molecule has 0 saturated carbocycles. The van der Waals surface area contributed by atoms with E-state index in [9.17, 15) is 13.2 Å². The van der Waals surface area contributed by atoms with Gasteiger partial charge in [0.25, 0.3) is 10.1 Å². The molecule has 0 saturated heterocycles. The molecular weight excluding hydrogens is 272 g/mol. The first-order chi connectivity index (χ1) is 7.45. The van der Waals surface area contributed by atoms with E-state index in [-0.39, 0.29) is 49.5 Å². The van der Waals surface area contributed by atoms with Gasteiger partial charge in [-0.05, 0) is 19.3 Å². The molecular formula is C10H20CaO5S. The monoisotopic (exact) mass is 292 g/mol. The Balaban J connectivity index is 0. The number of rotatable bonds is 9. The van der Waals surface area contributed by atoms with Crippen LogP contribution in [-0.2, 0) is 19.6 Å². The summed E-state index contributed by atoms with van der Waals surface area (Å²) >= 11 is 0. The summed E-state index contributed by atoms with van der Waals surface area (Å²) in [6.07, 6.45) is 3.93. The number of ether oxygens (including phenoxy) is 1. The number of carbonyl (C=O) groups is 1. The Labute approximate surface area is 133 Å². The molecule has 0 heterocycles. The van der Waals surface area contributed by atoms with E-state index in [1.165, 1.54) is 0 Å². The predicted molar refractivity (Wildman–Crippen MR) is 66.5 cm³/mol. The summed E-state index contributed by atoms with van der Waals surface area (Å²) in [5.41, 5.74) is 0. The molecule has 0 aliphatic carbocycles. The summed E-state index contributed by atoms with van der Waals surface area (Å²) in [7, 11) is -3.82. The first kappa shape index (κ1) is 20.0. The molecule has 0 rings (SSSR count). The van der Waals surface area contributed by atoms with E-state index in [0.717, 1.165) is 19.3 Å². The minimum atomic E-state index is -3.82. The Kier molecular flexibility index (Phi) is 13.8. The van der Waals surface area contributed by atoms with Gasteiger partial charge >= 0.3 is 5.97 Å². The SMILES string of the molecule is CCCC(=O)OCCCCCCS(=O)(=O)O.[Ca]. The first-order valence-electron chi connectivity index (χ1n) is 5.56. The number of hydrogen-bond donors (Lipinski definition) is 1. The number of unbranched alkanes of at least 4 members (excludes halogenated alkanes) is 3. The molecule has 5 nitrogen and oxygen atoms in total. The zero-order valence-electron chi connectivity index (χ0n) is 10.4. The average Bonchev–Trinajstić information content (AvgIpc) is 2.15. The molecule has 7 heteroatoms. The van der Waals surface area contributed by atoms with E-state index in [1.807, 2.05) is 6.92 Å². The molecule has 0 amide bonds. The van der Waals surface area contributed by atoms with Gasteiger partial charge < -0.3 is 4.74 Å². The number of carbonyl (C=O) groups excluding carboxylic acids is 1. The van der Waals surface area contributed by atoms with Crippen molar-refractivity contribution in [3.05, 3.63) is 0 Å². The Morgan fingerprint density at radius 1 is 1.18 bits per heavy atom. The van der Waals surface area contributed by atoms with Crippen LogP contribution >= 0.6 is 0 Å². The standard InChI is InChI=1S/C10H20O5S.Ca/c1-2-7-10(11)15-8-5-3-4-6-9-16(12,13)14;/h2-9H2,1H3,(H,12,13,14);. The van der Waals surface area contributed by atoms with Crippen LogP contribution in [0, 0.1) is 0 Å². The fraction of sp³-hybridized carbons (Fsp3) is 0.900. The van der Waals surface area contributed by atoms with E-state index >= 15 is 0 Å². The smallest absolute Gasteiger partial charge is 0.305 e. The van der Waals surface area contributed by atoms with Gasteiger partial charge in [0.2, 0.25) is 0 Å². The van der Waals surface area contributed by atoms with Crippen LogP contribution in [0.15, 0.2) is 0 Å². The molecule has 2 radical (unpaired) electrons. The minimum Gasteiger partial charge on any atom is -0.466 e. The van der Waals surface area contributed by atoms with Crippen LogP contribution in [0.3, 0.4) is 0 Å². The van der Waals surface area contributed by atoms with E-state index in [0.29, 0.717) is 25.9 Å². The minimum absolute atomic E-state index is 0. The van der Waals surface area contributed by atoms with E-state index in [2.05, 4.69) is 0 Å². The molecule has 0 spiro atoms. The van der Waals surface area contributed by atoms with Crippen molar-refractivity contribution < 1.29 is 22.5 Å². The van der Waals surface area contributed by atoms with Gasteiger partial charge in [-0.2, -0.15) is 8.42 Å². The van der Waals surface area contributed by atoms with Gasteiger partial charge in [-0.15, -0.1) is 0 Å². The predicted octanol–water partition coefficient (Wildman–Crippen LogP) is 1.40. The molecule has 98 valence electrons. The zero-order chi connectivity index (χ0) is 12.4. The number of esters is 1. The van der Waals surface area contributed by atoms with Crippen molar-refractivity contribution in [1.82, 2.24) is 0 Å². The third-order valence-electron chi connectivity index (χ3n) is 2.01. The first-order valence-corrected chi connectivity index (χ1v) is 7.17. The Morgan fingerprint density at radius 3 is 2.29 bits per heavy atom. The summed E-state index contributed by atoms with van der Waals surface area (Å²) in [6.45, 7) is 2.31. The van der Waals surface area contributed by atoms with E-state index in [1.54, 1.807) is 0 Å². The van der Waals surface area contributed by atoms with Gasteiger partial charge in [0.15, 0.2) is 0 Å². The van der Waals surface area contributed by atoms with Crippen molar-refractivity contribution in [3.8, 4) is 0 Å². The topological polar surface area (TPSA) is 80.7 Å². The van der Waals surface area contributed by atoms with Crippen molar-refractivity contribution in [2.75, 3.05) is 12.4 Å². The maximum atomic E-state index is 10.9. The van der Waals surface area contributed by atoms with E-state index < -0.39 is 10.1 Å². The van der Waals surface area contributed by atoms with Gasteiger partial charge in [-0.25, -0.2) is 0 Å². The van der Waals surface area contributed by atoms with Gasteiger partial charge in [-0.3, -0.25) is 9.35 Å². The molecule has 0 aromatic rings. The Morgan fingerprint density at radius 2 is 1.76 bits per heavy atom. The van der Waals surface area contributed by atoms with Crippen molar-refractivity contribution in [1.29, 1.82) is 0 Å². The van der Waals surface area contributed by atoms with Crippen molar-refractivity contribution in [2.24, 2.45) is 0 Å². The molecule has 0 fully saturated rings. The fourth-order valence-electron chi connectivity index (χ4n) is 1.20. The van der Waals surface area contributed by atoms with Crippen LogP contribution < -0.4 is 0 Å². The average molecular weight is 292 g/mol. The third-order valence-corrected chi connectivity index (χ3v) is 2.82. The normalized spacial score (nSPS) is 10.7. The van der Waals surface area contributed by atoms with Crippen LogP contribution in [0.25, 0.3) is 0 Å². The van der Waals surface area contributed by atoms with Crippen molar-refractivity contribution in [2.45, 2.75) is 45.4 Å². The number of hydrogen-bond acceptors (Lipinski definition) is 4. The molecule has 0 aliphatic heterocycles. The maximum Gasteiger partial charge on any atom is 0.305 e.